The van der Waals surface area contributed by atoms with E-state index in [9.17, 15) is 9.18 Å². The van der Waals surface area contributed by atoms with Crippen LogP contribution in [-0.4, -0.2) is 15.7 Å². The molecule has 0 aliphatic carbocycles. The van der Waals surface area contributed by atoms with Crippen molar-refractivity contribution in [2.45, 2.75) is 26.3 Å². The summed E-state index contributed by atoms with van der Waals surface area (Å²) in [5.41, 5.74) is 3.43. The highest BCUT2D eigenvalue weighted by molar-refractivity contribution is 5.95. The molecule has 1 unspecified atom stereocenters. The number of rotatable bonds is 5. The molecule has 0 aliphatic heterocycles. The lowest BCUT2D eigenvalue weighted by Crippen LogP contribution is -2.27. The van der Waals surface area contributed by atoms with E-state index in [1.807, 2.05) is 26.0 Å². The molecule has 0 aliphatic rings. The number of nitriles is 1. The molecule has 3 aromatic rings. The largest absolute Gasteiger partial charge is 0.345 e. The molecule has 3 rings (SSSR count). The molecule has 1 atom stereocenters. The first-order valence-corrected chi connectivity index (χ1v) is 8.67. The average Bonchev–Trinajstić information content (AvgIpc) is 3.12. The summed E-state index contributed by atoms with van der Waals surface area (Å²) >= 11 is 0. The first-order valence-electron chi connectivity index (χ1n) is 8.67. The van der Waals surface area contributed by atoms with Crippen molar-refractivity contribution >= 4 is 5.91 Å². The summed E-state index contributed by atoms with van der Waals surface area (Å²) in [6.07, 6.45) is 2.13. The van der Waals surface area contributed by atoms with Gasteiger partial charge in [0, 0.05) is 0 Å². The van der Waals surface area contributed by atoms with E-state index in [4.69, 9.17) is 5.26 Å². The molecule has 1 heterocycles. The first-order chi connectivity index (χ1) is 13.0. The fourth-order valence-electron chi connectivity index (χ4n) is 2.91. The summed E-state index contributed by atoms with van der Waals surface area (Å²) in [4.78, 5) is 12.8. The van der Waals surface area contributed by atoms with Gasteiger partial charge in [-0.25, -0.2) is 9.07 Å². The smallest absolute Gasteiger partial charge is 0.255 e. The third-order valence-corrected chi connectivity index (χ3v) is 4.41. The van der Waals surface area contributed by atoms with Gasteiger partial charge in [-0.15, -0.1) is 0 Å². The van der Waals surface area contributed by atoms with E-state index < -0.39 is 0 Å². The number of nitrogens with one attached hydrogen (secondary N) is 1. The molecule has 136 valence electrons. The molecule has 0 bridgehead atoms. The maximum atomic E-state index is 13.2. The third-order valence-electron chi connectivity index (χ3n) is 4.41. The lowest BCUT2D eigenvalue weighted by molar-refractivity contribution is 0.0939. The summed E-state index contributed by atoms with van der Waals surface area (Å²) in [6.45, 7) is 3.83. The predicted octanol–water partition coefficient (Wildman–Crippen LogP) is 3.94. The van der Waals surface area contributed by atoms with Crippen molar-refractivity contribution in [1.29, 1.82) is 5.26 Å². The van der Waals surface area contributed by atoms with Gasteiger partial charge in [0.15, 0.2) is 0 Å². The Balaban J connectivity index is 1.82. The monoisotopic (exact) mass is 362 g/mol. The Morgan fingerprint density at radius 1 is 1.22 bits per heavy atom. The van der Waals surface area contributed by atoms with Gasteiger partial charge in [0.05, 0.1) is 40.8 Å². The highest BCUT2D eigenvalue weighted by Crippen LogP contribution is 2.19. The van der Waals surface area contributed by atoms with Crippen LogP contribution in [0, 0.1) is 17.1 Å². The number of halogens is 1. The minimum atomic E-state index is -0.321. The topological polar surface area (TPSA) is 70.7 Å². The molecule has 0 saturated carbocycles. The molecular weight excluding hydrogens is 343 g/mol. The number of benzene rings is 2. The van der Waals surface area contributed by atoms with E-state index in [0.717, 1.165) is 11.3 Å². The van der Waals surface area contributed by atoms with Crippen LogP contribution in [0.2, 0.25) is 0 Å². The van der Waals surface area contributed by atoms with E-state index in [1.165, 1.54) is 18.3 Å². The summed E-state index contributed by atoms with van der Waals surface area (Å²) in [5, 5.41) is 16.2. The molecule has 5 nitrogen and oxygen atoms in total. The summed E-state index contributed by atoms with van der Waals surface area (Å²) in [5.74, 6) is -0.546. The molecule has 1 amide bonds. The fraction of sp³-hybridized carbons (Fsp3) is 0.190. The molecule has 27 heavy (non-hydrogen) atoms. The van der Waals surface area contributed by atoms with E-state index in [-0.39, 0.29) is 17.8 Å². The molecule has 1 N–H and O–H groups in total. The van der Waals surface area contributed by atoms with Gasteiger partial charge in [-0.05, 0) is 55.3 Å². The lowest BCUT2D eigenvalue weighted by Gasteiger charge is -2.15. The van der Waals surface area contributed by atoms with Crippen LogP contribution >= 0.6 is 0 Å². The second kappa shape index (κ2) is 7.83. The quantitative estimate of drug-likeness (QED) is 0.747. The van der Waals surface area contributed by atoms with E-state index in [2.05, 4.69) is 16.5 Å². The normalized spacial score (nSPS) is 11.6. The standard InChI is InChI=1S/C21H19FN4O/c1-3-20-19(13-24-26(20)18-10-8-17(22)9-11-18)21(27)25-14(2)16-6-4-15(12-23)5-7-16/h4-11,13-14H,3H2,1-2H3,(H,25,27). The van der Waals surface area contributed by atoms with Crippen molar-refractivity contribution in [2.24, 2.45) is 0 Å². The van der Waals surface area contributed by atoms with Gasteiger partial charge in [-0.3, -0.25) is 4.79 Å². The second-order valence-electron chi connectivity index (χ2n) is 6.18. The molecule has 0 saturated heterocycles. The number of hydrogen-bond acceptors (Lipinski definition) is 3. The van der Waals surface area contributed by atoms with Crippen molar-refractivity contribution in [1.82, 2.24) is 15.1 Å². The van der Waals surface area contributed by atoms with Crippen LogP contribution in [0.25, 0.3) is 5.69 Å². The van der Waals surface area contributed by atoms with Crippen molar-refractivity contribution < 1.29 is 9.18 Å². The number of carbonyl (C=O) groups is 1. The molecule has 6 heteroatoms. The summed E-state index contributed by atoms with van der Waals surface area (Å²) in [7, 11) is 0. The zero-order valence-corrected chi connectivity index (χ0v) is 15.1. The van der Waals surface area contributed by atoms with Crippen LogP contribution in [0.3, 0.4) is 0 Å². The van der Waals surface area contributed by atoms with E-state index >= 15 is 0 Å². The Hall–Kier alpha value is -3.46. The molecule has 0 fully saturated rings. The number of aromatic nitrogens is 2. The Morgan fingerprint density at radius 2 is 1.89 bits per heavy atom. The Labute approximate surface area is 157 Å². The first kappa shape index (κ1) is 18.3. The number of nitrogens with zero attached hydrogens (tertiary/aromatic N) is 3. The predicted molar refractivity (Wildman–Crippen MR) is 99.9 cm³/mol. The van der Waals surface area contributed by atoms with Gasteiger partial charge in [-0.1, -0.05) is 19.1 Å². The van der Waals surface area contributed by atoms with Crippen molar-refractivity contribution in [3.05, 3.63) is 82.9 Å². The number of carbonyl (C=O) groups excluding carboxylic acids is 1. The fourth-order valence-corrected chi connectivity index (χ4v) is 2.91. The van der Waals surface area contributed by atoms with Crippen LogP contribution in [0.4, 0.5) is 4.39 Å². The van der Waals surface area contributed by atoms with Gasteiger partial charge in [0.1, 0.15) is 5.82 Å². The van der Waals surface area contributed by atoms with Gasteiger partial charge < -0.3 is 5.32 Å². The highest BCUT2D eigenvalue weighted by atomic mass is 19.1. The Kier molecular flexibility index (Phi) is 5.32. The van der Waals surface area contributed by atoms with E-state index in [0.29, 0.717) is 23.2 Å². The SMILES string of the molecule is CCc1c(C(=O)NC(C)c2ccc(C#N)cc2)cnn1-c1ccc(F)cc1. The van der Waals surface area contributed by atoms with Gasteiger partial charge in [-0.2, -0.15) is 10.4 Å². The van der Waals surface area contributed by atoms with Gasteiger partial charge >= 0.3 is 0 Å². The zero-order valence-electron chi connectivity index (χ0n) is 15.1. The van der Waals surface area contributed by atoms with Crippen LogP contribution < -0.4 is 5.32 Å². The highest BCUT2D eigenvalue weighted by Gasteiger charge is 2.19. The van der Waals surface area contributed by atoms with Crippen LogP contribution in [0.1, 0.15) is 47.1 Å². The van der Waals surface area contributed by atoms with Crippen LogP contribution in [0.15, 0.2) is 54.7 Å². The lowest BCUT2D eigenvalue weighted by atomic mass is 10.1. The maximum Gasteiger partial charge on any atom is 0.255 e. The molecule has 2 aromatic carbocycles. The number of hydrogen-bond donors (Lipinski definition) is 1. The summed E-state index contributed by atoms with van der Waals surface area (Å²) in [6, 6.07) is 14.9. The minimum absolute atomic E-state index is 0.218. The maximum absolute atomic E-state index is 13.2. The van der Waals surface area contributed by atoms with Gasteiger partial charge in [0.2, 0.25) is 0 Å². The number of amides is 1. The zero-order chi connectivity index (χ0) is 19.4. The molecule has 0 spiro atoms. The van der Waals surface area contributed by atoms with Crippen LogP contribution in [-0.2, 0) is 6.42 Å². The Morgan fingerprint density at radius 3 is 2.48 bits per heavy atom. The van der Waals surface area contributed by atoms with E-state index in [1.54, 1.807) is 28.9 Å². The summed E-state index contributed by atoms with van der Waals surface area (Å²) < 4.78 is 14.8. The molecular formula is C21H19FN4O. The molecule has 1 aromatic heterocycles. The average molecular weight is 362 g/mol. The second-order valence-corrected chi connectivity index (χ2v) is 6.18. The minimum Gasteiger partial charge on any atom is -0.345 e. The third kappa shape index (κ3) is 3.87. The molecule has 0 radical (unpaired) electrons. The Bertz CT molecular complexity index is 985. The van der Waals surface area contributed by atoms with Gasteiger partial charge in [0.25, 0.3) is 5.91 Å². The van der Waals surface area contributed by atoms with Crippen LogP contribution in [0.5, 0.6) is 0 Å². The van der Waals surface area contributed by atoms with Crippen molar-refractivity contribution in [3.8, 4) is 11.8 Å². The van der Waals surface area contributed by atoms with Crippen molar-refractivity contribution in [3.63, 3.8) is 0 Å². The van der Waals surface area contributed by atoms with Crippen molar-refractivity contribution in [2.75, 3.05) is 0 Å².